The van der Waals surface area contributed by atoms with Crippen LogP contribution in [-0.2, 0) is 0 Å². The Bertz CT molecular complexity index is 1230. The number of carbonyl (C=O) groups excluding carboxylic acids is 1. The van der Waals surface area contributed by atoms with Gasteiger partial charge in [0.25, 0.3) is 5.91 Å². The second-order valence-electron chi connectivity index (χ2n) is 10.4. The average Bonchev–Trinajstić information content (AvgIpc) is 2.81. The molecule has 2 fully saturated rings. The van der Waals surface area contributed by atoms with Gasteiger partial charge in [-0.1, -0.05) is 6.07 Å². The molecule has 178 valence electrons. The maximum Gasteiger partial charge on any atom is 0.269 e. The van der Waals surface area contributed by atoms with Crippen molar-refractivity contribution in [1.82, 2.24) is 25.8 Å². The van der Waals surface area contributed by atoms with Crippen LogP contribution in [0.5, 0.6) is 5.75 Å². The molecule has 0 radical (unpaired) electrons. The highest BCUT2D eigenvalue weighted by atomic mass is 16.3. The van der Waals surface area contributed by atoms with Gasteiger partial charge in [-0.15, -0.1) is 10.2 Å². The minimum atomic E-state index is -0.267. The number of nitrogens with one attached hydrogen (secondary N) is 2. The summed E-state index contributed by atoms with van der Waals surface area (Å²) in [6.45, 7) is 4.68. The van der Waals surface area contributed by atoms with Gasteiger partial charge in [0.1, 0.15) is 11.4 Å². The van der Waals surface area contributed by atoms with Crippen LogP contribution in [0.25, 0.3) is 22.2 Å². The smallest absolute Gasteiger partial charge is 0.269 e. The first-order valence-corrected chi connectivity index (χ1v) is 11.9. The molecule has 0 unspecified atom stereocenters. The van der Waals surface area contributed by atoms with Gasteiger partial charge in [-0.3, -0.25) is 4.79 Å². The fourth-order valence-corrected chi connectivity index (χ4v) is 5.88. The Morgan fingerprint density at radius 1 is 1.12 bits per heavy atom. The van der Waals surface area contributed by atoms with Crippen LogP contribution in [0.2, 0.25) is 0 Å². The number of pyridine rings is 1. The molecule has 3 N–H and O–H groups in total. The van der Waals surface area contributed by atoms with Crippen LogP contribution in [0.4, 0.5) is 5.82 Å². The third-order valence-electron chi connectivity index (χ3n) is 7.53. The molecule has 5 rings (SSSR count). The second-order valence-corrected chi connectivity index (χ2v) is 10.4. The van der Waals surface area contributed by atoms with Crippen molar-refractivity contribution in [3.05, 3.63) is 42.1 Å². The number of carbonyl (C=O) groups is 1. The number of rotatable bonds is 4. The number of phenols is 1. The van der Waals surface area contributed by atoms with E-state index in [0.717, 1.165) is 24.0 Å². The molecular weight excluding hydrogens is 428 g/mol. The third-order valence-corrected chi connectivity index (χ3v) is 7.53. The van der Waals surface area contributed by atoms with Gasteiger partial charge in [0, 0.05) is 48.2 Å². The lowest BCUT2D eigenvalue weighted by Gasteiger charge is -2.55. The third kappa shape index (κ3) is 4.07. The van der Waals surface area contributed by atoms with E-state index in [1.807, 2.05) is 24.3 Å². The van der Waals surface area contributed by atoms with Gasteiger partial charge in [-0.2, -0.15) is 0 Å². The Morgan fingerprint density at radius 2 is 1.85 bits per heavy atom. The zero-order valence-electron chi connectivity index (χ0n) is 20.2. The van der Waals surface area contributed by atoms with E-state index in [1.54, 1.807) is 19.2 Å². The molecule has 1 aromatic carbocycles. The molecule has 0 aliphatic carbocycles. The van der Waals surface area contributed by atoms with E-state index in [4.69, 9.17) is 0 Å². The van der Waals surface area contributed by atoms with Gasteiger partial charge < -0.3 is 20.6 Å². The second kappa shape index (κ2) is 8.20. The van der Waals surface area contributed by atoms with E-state index in [2.05, 4.69) is 51.6 Å². The summed E-state index contributed by atoms with van der Waals surface area (Å²) in [4.78, 5) is 18.5. The molecule has 1 amide bonds. The Morgan fingerprint density at radius 3 is 2.50 bits per heavy atom. The molecule has 2 saturated heterocycles. The number of benzene rings is 1. The molecule has 2 aromatic heterocycles. The van der Waals surface area contributed by atoms with Crippen LogP contribution in [-0.4, -0.2) is 57.4 Å². The summed E-state index contributed by atoms with van der Waals surface area (Å²) in [5.74, 6) is 0.617. The number of anilines is 1. The van der Waals surface area contributed by atoms with Crippen molar-refractivity contribution in [2.45, 2.75) is 63.1 Å². The Balaban J connectivity index is 1.39. The number of amides is 1. The summed E-state index contributed by atoms with van der Waals surface area (Å²) in [6.07, 6.45) is 5.86. The fraction of sp³-hybridized carbons (Fsp3) is 0.462. The molecule has 0 spiro atoms. The summed E-state index contributed by atoms with van der Waals surface area (Å²) in [7, 11) is 3.66. The van der Waals surface area contributed by atoms with Crippen LogP contribution in [0, 0.1) is 0 Å². The van der Waals surface area contributed by atoms with Crippen molar-refractivity contribution in [2.75, 3.05) is 19.0 Å². The number of piperidine rings is 2. The Hall–Kier alpha value is -3.26. The van der Waals surface area contributed by atoms with Crippen molar-refractivity contribution in [2.24, 2.45) is 0 Å². The largest absolute Gasteiger partial charge is 0.507 e. The van der Waals surface area contributed by atoms with Gasteiger partial charge >= 0.3 is 0 Å². The van der Waals surface area contributed by atoms with E-state index < -0.39 is 0 Å². The van der Waals surface area contributed by atoms with Crippen molar-refractivity contribution in [1.29, 1.82) is 0 Å². The van der Waals surface area contributed by atoms with E-state index >= 15 is 0 Å². The minimum absolute atomic E-state index is 0.0523. The molecule has 3 atom stereocenters. The topological polar surface area (TPSA) is 103 Å². The zero-order valence-corrected chi connectivity index (χ0v) is 20.2. The predicted octanol–water partition coefficient (Wildman–Crippen LogP) is 3.65. The molecule has 0 saturated carbocycles. The van der Waals surface area contributed by atoms with Crippen molar-refractivity contribution in [3.63, 3.8) is 0 Å². The molecule has 2 aliphatic rings. The standard InChI is InChI=1S/C26H32N6O2/c1-25-10-5-11-26(2,31-25)15-17(14-25)32(4)23-9-8-19(29-30-23)18-12-16-6-7-20(24(34)27-3)28-21(16)13-22(18)33/h6-9,12-13,17,31,33H,5,10-11,14-15H2,1-4H3,(H,27,34)/t17-,25-,26+. The highest BCUT2D eigenvalue weighted by molar-refractivity contribution is 5.96. The Kier molecular flexibility index (Phi) is 5.43. The number of fused-ring (bicyclic) bond motifs is 3. The van der Waals surface area contributed by atoms with E-state index in [1.165, 1.54) is 19.3 Å². The number of aromatic hydroxyl groups is 1. The van der Waals surface area contributed by atoms with Gasteiger partial charge in [0.05, 0.1) is 11.2 Å². The lowest BCUT2D eigenvalue weighted by molar-refractivity contribution is 0.0784. The summed E-state index contributed by atoms with van der Waals surface area (Å²) in [5.41, 5.74) is 2.36. The van der Waals surface area contributed by atoms with Gasteiger partial charge in [-0.25, -0.2) is 4.98 Å². The SMILES string of the molecule is CNC(=O)c1ccc2cc(-c3ccc(N(C)[C@H]4C[C@]5(C)CCC[C@](C)(C4)N5)nn3)c(O)cc2n1. The predicted molar refractivity (Wildman–Crippen MR) is 133 cm³/mol. The summed E-state index contributed by atoms with van der Waals surface area (Å²) >= 11 is 0. The van der Waals surface area contributed by atoms with Crippen LogP contribution >= 0.6 is 0 Å². The first-order valence-electron chi connectivity index (χ1n) is 11.9. The molecule has 8 nitrogen and oxygen atoms in total. The van der Waals surface area contributed by atoms with E-state index in [-0.39, 0.29) is 22.7 Å². The van der Waals surface area contributed by atoms with Crippen molar-refractivity contribution >= 4 is 22.6 Å². The molecular formula is C26H32N6O2. The van der Waals surface area contributed by atoms with Gasteiger partial charge in [0.15, 0.2) is 5.82 Å². The summed E-state index contributed by atoms with van der Waals surface area (Å²) in [6, 6.07) is 11.1. The first-order chi connectivity index (χ1) is 16.2. The number of phenolic OH excluding ortho intramolecular Hbond substituents is 1. The fourth-order valence-electron chi connectivity index (χ4n) is 5.88. The lowest BCUT2D eigenvalue weighted by Crippen LogP contribution is -2.66. The maximum absolute atomic E-state index is 11.9. The molecule has 2 aliphatic heterocycles. The summed E-state index contributed by atoms with van der Waals surface area (Å²) in [5, 5.41) is 26.9. The highest BCUT2D eigenvalue weighted by Gasteiger charge is 2.46. The maximum atomic E-state index is 11.9. The minimum Gasteiger partial charge on any atom is -0.507 e. The Labute approximate surface area is 199 Å². The molecule has 2 bridgehead atoms. The van der Waals surface area contributed by atoms with Crippen LogP contribution in [0.3, 0.4) is 0 Å². The monoisotopic (exact) mass is 460 g/mol. The van der Waals surface area contributed by atoms with Gasteiger partial charge in [0.2, 0.25) is 0 Å². The number of nitrogens with zero attached hydrogens (tertiary/aromatic N) is 4. The molecule has 34 heavy (non-hydrogen) atoms. The van der Waals surface area contributed by atoms with E-state index in [9.17, 15) is 9.90 Å². The molecule has 8 heteroatoms. The highest BCUT2D eigenvalue weighted by Crippen LogP contribution is 2.42. The van der Waals surface area contributed by atoms with E-state index in [0.29, 0.717) is 28.5 Å². The number of hydrogen-bond donors (Lipinski definition) is 3. The lowest BCUT2D eigenvalue weighted by atomic mass is 9.69. The van der Waals surface area contributed by atoms with Gasteiger partial charge in [-0.05, 0) is 70.2 Å². The molecule has 3 aromatic rings. The average molecular weight is 461 g/mol. The quantitative estimate of drug-likeness (QED) is 0.546. The summed E-state index contributed by atoms with van der Waals surface area (Å²) < 4.78 is 0. The van der Waals surface area contributed by atoms with Crippen LogP contribution in [0.15, 0.2) is 36.4 Å². The first kappa shape index (κ1) is 22.5. The van der Waals surface area contributed by atoms with Crippen LogP contribution < -0.4 is 15.5 Å². The zero-order chi connectivity index (χ0) is 24.1. The van der Waals surface area contributed by atoms with Crippen LogP contribution in [0.1, 0.15) is 56.4 Å². The van der Waals surface area contributed by atoms with Crippen molar-refractivity contribution < 1.29 is 9.90 Å². The number of aromatic nitrogens is 3. The molecule has 4 heterocycles. The number of hydrogen-bond acceptors (Lipinski definition) is 7. The normalized spacial score (nSPS) is 26.3. The van der Waals surface area contributed by atoms with Crippen molar-refractivity contribution in [3.8, 4) is 17.0 Å².